The highest BCUT2D eigenvalue weighted by atomic mass is 79.9. The lowest BCUT2D eigenvalue weighted by Gasteiger charge is -2.03. The fourth-order valence-corrected chi connectivity index (χ4v) is 1.67. The number of benzene rings is 1. The molecule has 0 aromatic heterocycles. The smallest absolute Gasteiger partial charge is 0.139 e. The van der Waals surface area contributed by atoms with Crippen molar-refractivity contribution in [3.63, 3.8) is 0 Å². The summed E-state index contributed by atoms with van der Waals surface area (Å²) < 4.78 is 18.2. The van der Waals surface area contributed by atoms with E-state index in [1.165, 1.54) is 12.1 Å². The van der Waals surface area contributed by atoms with Gasteiger partial charge in [-0.15, -0.1) is 0 Å². The van der Waals surface area contributed by atoms with Crippen LogP contribution in [0.3, 0.4) is 0 Å². The van der Waals surface area contributed by atoms with Gasteiger partial charge >= 0.3 is 0 Å². The van der Waals surface area contributed by atoms with E-state index in [4.69, 9.17) is 4.74 Å². The van der Waals surface area contributed by atoms with E-state index in [-0.39, 0.29) is 11.6 Å². The van der Waals surface area contributed by atoms with Gasteiger partial charge in [0.2, 0.25) is 0 Å². The Morgan fingerprint density at radius 3 is 2.87 bits per heavy atom. The molecule has 0 saturated heterocycles. The van der Waals surface area contributed by atoms with Crippen LogP contribution in [0.1, 0.15) is 12.0 Å². The summed E-state index contributed by atoms with van der Waals surface area (Å²) in [4.78, 5) is 11.4. The van der Waals surface area contributed by atoms with Gasteiger partial charge in [0.1, 0.15) is 11.6 Å². The van der Waals surface area contributed by atoms with Crippen LogP contribution < -0.4 is 0 Å². The summed E-state index contributed by atoms with van der Waals surface area (Å²) in [6.45, 7) is 0.428. The lowest BCUT2D eigenvalue weighted by atomic mass is 10.1. The molecule has 0 N–H and O–H groups in total. The fourth-order valence-electron chi connectivity index (χ4n) is 1.18. The summed E-state index contributed by atoms with van der Waals surface area (Å²) in [5.74, 6) is -0.223. The van der Waals surface area contributed by atoms with Crippen molar-refractivity contribution >= 4 is 21.7 Å². The third-order valence-electron chi connectivity index (χ3n) is 1.99. The van der Waals surface area contributed by atoms with Crippen LogP contribution in [0.2, 0.25) is 0 Å². The zero-order valence-electron chi connectivity index (χ0n) is 8.43. The van der Waals surface area contributed by atoms with Gasteiger partial charge in [-0.2, -0.15) is 0 Å². The summed E-state index contributed by atoms with van der Waals surface area (Å²) >= 11 is 3.22. The van der Waals surface area contributed by atoms with Crippen LogP contribution in [0.4, 0.5) is 4.39 Å². The molecule has 0 bridgehead atoms. The van der Waals surface area contributed by atoms with E-state index in [0.29, 0.717) is 23.9 Å². The minimum atomic E-state index is -0.310. The number of Topliss-reactive ketones (excluding diaryl/α,β-unsaturated/α-hetero) is 1. The van der Waals surface area contributed by atoms with E-state index in [1.54, 1.807) is 13.2 Å². The van der Waals surface area contributed by atoms with Crippen LogP contribution in [-0.4, -0.2) is 19.5 Å². The van der Waals surface area contributed by atoms with Gasteiger partial charge < -0.3 is 4.74 Å². The molecule has 1 aromatic carbocycles. The molecular formula is C11H12BrFO2. The molecule has 1 aromatic rings. The van der Waals surface area contributed by atoms with Crippen molar-refractivity contribution in [1.29, 1.82) is 0 Å². The number of ether oxygens (including phenoxy) is 1. The molecule has 0 heterocycles. The molecule has 0 aliphatic rings. The van der Waals surface area contributed by atoms with Crippen molar-refractivity contribution in [3.05, 3.63) is 34.1 Å². The second-order valence-electron chi connectivity index (χ2n) is 3.19. The van der Waals surface area contributed by atoms with Crippen molar-refractivity contribution in [3.8, 4) is 0 Å². The molecule has 1 rings (SSSR count). The Morgan fingerprint density at radius 1 is 1.53 bits per heavy atom. The summed E-state index contributed by atoms with van der Waals surface area (Å²) in [5, 5.41) is 0. The molecular weight excluding hydrogens is 263 g/mol. The molecule has 82 valence electrons. The largest absolute Gasteiger partial charge is 0.384 e. The van der Waals surface area contributed by atoms with Gasteiger partial charge in [0.15, 0.2) is 0 Å². The topological polar surface area (TPSA) is 26.3 Å². The number of halogens is 2. The molecule has 0 spiro atoms. The third kappa shape index (κ3) is 4.10. The second kappa shape index (κ2) is 5.98. The molecule has 0 fully saturated rings. The quantitative estimate of drug-likeness (QED) is 0.826. The first-order valence-electron chi connectivity index (χ1n) is 4.58. The Morgan fingerprint density at radius 2 is 2.27 bits per heavy atom. The molecule has 0 atom stereocenters. The van der Waals surface area contributed by atoms with Crippen LogP contribution in [0.25, 0.3) is 0 Å². The summed E-state index contributed by atoms with van der Waals surface area (Å²) in [6.07, 6.45) is 0.699. The van der Waals surface area contributed by atoms with E-state index in [9.17, 15) is 9.18 Å². The van der Waals surface area contributed by atoms with E-state index in [2.05, 4.69) is 15.9 Å². The van der Waals surface area contributed by atoms with Crippen LogP contribution >= 0.6 is 15.9 Å². The van der Waals surface area contributed by atoms with Gasteiger partial charge in [-0.3, -0.25) is 4.79 Å². The standard InChI is InChI=1S/C11H12BrFO2/c1-15-5-4-10(14)6-8-2-3-9(13)7-11(8)12/h2-3,7H,4-6H2,1H3. The summed E-state index contributed by atoms with van der Waals surface area (Å²) in [5.41, 5.74) is 0.803. The molecule has 0 unspecified atom stereocenters. The molecule has 2 nitrogen and oxygen atoms in total. The summed E-state index contributed by atoms with van der Waals surface area (Å²) in [7, 11) is 1.56. The Balaban J connectivity index is 2.60. The first-order valence-corrected chi connectivity index (χ1v) is 5.37. The Labute approximate surface area is 96.6 Å². The van der Waals surface area contributed by atoms with Gasteiger partial charge in [-0.05, 0) is 17.7 Å². The molecule has 0 saturated carbocycles. The van der Waals surface area contributed by atoms with E-state index in [1.807, 2.05) is 0 Å². The highest BCUT2D eigenvalue weighted by molar-refractivity contribution is 9.10. The van der Waals surface area contributed by atoms with Crippen molar-refractivity contribution in [2.75, 3.05) is 13.7 Å². The molecule has 0 aliphatic carbocycles. The second-order valence-corrected chi connectivity index (χ2v) is 4.05. The zero-order chi connectivity index (χ0) is 11.3. The highest BCUT2D eigenvalue weighted by Gasteiger charge is 2.07. The predicted molar refractivity (Wildman–Crippen MR) is 59.3 cm³/mol. The average Bonchev–Trinajstić information content (AvgIpc) is 2.19. The van der Waals surface area contributed by atoms with Crippen molar-refractivity contribution in [2.45, 2.75) is 12.8 Å². The Bertz CT molecular complexity index is 352. The van der Waals surface area contributed by atoms with Gasteiger partial charge in [0.25, 0.3) is 0 Å². The molecule has 4 heteroatoms. The molecule has 0 aliphatic heterocycles. The normalized spacial score (nSPS) is 10.3. The highest BCUT2D eigenvalue weighted by Crippen LogP contribution is 2.18. The van der Waals surface area contributed by atoms with Crippen LogP contribution in [0, 0.1) is 5.82 Å². The maximum absolute atomic E-state index is 12.8. The third-order valence-corrected chi connectivity index (χ3v) is 2.73. The number of hydrogen-bond acceptors (Lipinski definition) is 2. The Hall–Kier alpha value is -0.740. The van der Waals surface area contributed by atoms with E-state index in [0.717, 1.165) is 5.56 Å². The van der Waals surface area contributed by atoms with Crippen molar-refractivity contribution < 1.29 is 13.9 Å². The predicted octanol–water partition coefficient (Wildman–Crippen LogP) is 2.74. The zero-order valence-corrected chi connectivity index (χ0v) is 10.0. The number of hydrogen-bond donors (Lipinski definition) is 0. The maximum atomic E-state index is 12.8. The van der Waals surface area contributed by atoms with E-state index >= 15 is 0 Å². The molecule has 0 amide bonds. The van der Waals surface area contributed by atoms with Gasteiger partial charge in [-0.1, -0.05) is 22.0 Å². The molecule has 15 heavy (non-hydrogen) atoms. The van der Waals surface area contributed by atoms with E-state index < -0.39 is 0 Å². The number of ketones is 1. The van der Waals surface area contributed by atoms with Crippen molar-refractivity contribution in [2.24, 2.45) is 0 Å². The van der Waals surface area contributed by atoms with Crippen LogP contribution in [-0.2, 0) is 16.0 Å². The van der Waals surface area contributed by atoms with Crippen LogP contribution in [0.15, 0.2) is 22.7 Å². The van der Waals surface area contributed by atoms with Crippen molar-refractivity contribution in [1.82, 2.24) is 0 Å². The number of carbonyl (C=O) groups is 1. The number of rotatable bonds is 5. The Kier molecular flexibility index (Phi) is 4.91. The SMILES string of the molecule is COCCC(=O)Cc1ccc(F)cc1Br. The molecule has 0 radical (unpaired) electrons. The first-order chi connectivity index (χ1) is 7.13. The maximum Gasteiger partial charge on any atom is 0.139 e. The van der Waals surface area contributed by atoms with Gasteiger partial charge in [0, 0.05) is 24.4 Å². The minimum absolute atomic E-state index is 0.0872. The van der Waals surface area contributed by atoms with Crippen LogP contribution in [0.5, 0.6) is 0 Å². The average molecular weight is 275 g/mol. The monoisotopic (exact) mass is 274 g/mol. The first kappa shape index (κ1) is 12.3. The summed E-state index contributed by atoms with van der Waals surface area (Å²) in [6, 6.07) is 4.33. The number of methoxy groups -OCH3 is 1. The minimum Gasteiger partial charge on any atom is -0.384 e. The fraction of sp³-hybridized carbons (Fsp3) is 0.364. The number of carbonyl (C=O) groups excluding carboxylic acids is 1. The van der Waals surface area contributed by atoms with Gasteiger partial charge in [0.05, 0.1) is 6.61 Å². The lowest BCUT2D eigenvalue weighted by molar-refractivity contribution is -0.119. The lowest BCUT2D eigenvalue weighted by Crippen LogP contribution is -2.06. The van der Waals surface area contributed by atoms with Gasteiger partial charge in [-0.25, -0.2) is 4.39 Å².